The van der Waals surface area contributed by atoms with Crippen molar-refractivity contribution in [2.45, 2.75) is 82.1 Å². The number of carboxylic acids is 4. The second-order valence-corrected chi connectivity index (χ2v) is 13.2. The fourth-order valence-corrected chi connectivity index (χ4v) is 5.12. The zero-order valence-electron chi connectivity index (χ0n) is 25.8. The van der Waals surface area contributed by atoms with E-state index >= 15 is 0 Å². The van der Waals surface area contributed by atoms with Gasteiger partial charge in [0.2, 0.25) is 23.6 Å². The van der Waals surface area contributed by atoms with Crippen molar-refractivity contribution in [3.63, 3.8) is 0 Å². The Morgan fingerprint density at radius 2 is 0.938 bits per heavy atom. The van der Waals surface area contributed by atoms with Crippen LogP contribution in [0.2, 0.25) is 0 Å². The first-order valence-electron chi connectivity index (χ1n) is 14.0. The number of carboxylic acid groups (broad SMARTS) is 4. The number of carbonyl (C=O) groups excluding carboxylic acids is 5. The summed E-state index contributed by atoms with van der Waals surface area (Å²) in [6.07, 6.45) is -2.30. The molecule has 0 heterocycles. The Morgan fingerprint density at radius 1 is 0.604 bits per heavy atom. The third kappa shape index (κ3) is 17.3. The summed E-state index contributed by atoms with van der Waals surface area (Å²) in [4.78, 5) is 109. The lowest BCUT2D eigenvalue weighted by molar-refractivity contribution is -0.142. The number of thiol groups is 1. The fraction of sp³-hybridized carbons (Fsp3) is 0.640. The molecule has 9 N–H and O–H groups in total. The summed E-state index contributed by atoms with van der Waals surface area (Å²) in [6, 6.07) is -8.21. The third-order valence-corrected chi connectivity index (χ3v) is 8.60. The van der Waals surface area contributed by atoms with E-state index in [0.717, 1.165) is 0 Å². The molecule has 0 saturated heterocycles. The molecule has 0 aromatic heterocycles. The highest BCUT2D eigenvalue weighted by Gasteiger charge is 2.34. The summed E-state index contributed by atoms with van der Waals surface area (Å²) >= 11 is 5.03. The number of aliphatic carboxylic acids is 4. The smallest absolute Gasteiger partial charge is 0.327 e. The molecule has 0 bridgehead atoms. The normalized spacial score (nSPS) is 14.2. The SMILES string of the molecule is CSCC[C@H](NC(=O)[C@H](CCC(=O)O)NS(=O)(=O)C(C)=O)C(=O)N[C@@H](CCC(=O)O)C(=O)N[C@@H](CCC(=O)O)C(=O)N[C@@H](CS)C(=O)O. The highest BCUT2D eigenvalue weighted by Crippen LogP contribution is 2.09. The van der Waals surface area contributed by atoms with Gasteiger partial charge in [-0.3, -0.25) is 38.4 Å². The molecule has 48 heavy (non-hydrogen) atoms. The molecule has 20 nitrogen and oxygen atoms in total. The maximum absolute atomic E-state index is 13.3. The molecular weight excluding hydrogens is 706 g/mol. The fourth-order valence-electron chi connectivity index (χ4n) is 3.63. The van der Waals surface area contributed by atoms with E-state index in [0.29, 0.717) is 6.92 Å². The molecule has 0 aromatic rings. The molecule has 0 spiro atoms. The Balaban J connectivity index is 6.27. The number of amides is 4. The van der Waals surface area contributed by atoms with Crippen LogP contribution in [0.15, 0.2) is 0 Å². The maximum Gasteiger partial charge on any atom is 0.327 e. The van der Waals surface area contributed by atoms with Gasteiger partial charge in [-0.25, -0.2) is 13.2 Å². The molecule has 0 radical (unpaired) electrons. The van der Waals surface area contributed by atoms with Crippen LogP contribution < -0.4 is 26.0 Å². The molecule has 4 amide bonds. The van der Waals surface area contributed by atoms with Crippen molar-refractivity contribution in [2.75, 3.05) is 17.8 Å². The first kappa shape index (κ1) is 44.0. The van der Waals surface area contributed by atoms with E-state index < -0.39 is 131 Å². The minimum atomic E-state index is -4.71. The molecular formula is C25H39N5O15S3. The largest absolute Gasteiger partial charge is 0.481 e. The van der Waals surface area contributed by atoms with Crippen molar-refractivity contribution in [2.24, 2.45) is 0 Å². The van der Waals surface area contributed by atoms with E-state index in [-0.39, 0.29) is 17.9 Å². The van der Waals surface area contributed by atoms with Crippen LogP contribution in [-0.4, -0.2) is 129 Å². The van der Waals surface area contributed by atoms with Crippen LogP contribution >= 0.6 is 24.4 Å². The van der Waals surface area contributed by atoms with Gasteiger partial charge in [0, 0.05) is 31.9 Å². The number of thioether (sulfide) groups is 1. The Kier molecular flexibility index (Phi) is 20.0. The number of hydrogen-bond acceptors (Lipinski definition) is 13. The highest BCUT2D eigenvalue weighted by molar-refractivity contribution is 8.04. The van der Waals surface area contributed by atoms with Crippen molar-refractivity contribution in [1.29, 1.82) is 0 Å². The molecule has 0 aliphatic heterocycles. The van der Waals surface area contributed by atoms with Gasteiger partial charge >= 0.3 is 23.9 Å². The Bertz CT molecular complexity index is 1330. The predicted octanol–water partition coefficient (Wildman–Crippen LogP) is -2.88. The van der Waals surface area contributed by atoms with Crippen molar-refractivity contribution in [3.8, 4) is 0 Å². The Labute approximate surface area is 284 Å². The molecule has 0 aromatic carbocycles. The summed E-state index contributed by atoms with van der Waals surface area (Å²) in [6.45, 7) is 0.687. The van der Waals surface area contributed by atoms with Gasteiger partial charge in [0.25, 0.3) is 15.1 Å². The zero-order chi connectivity index (χ0) is 37.2. The monoisotopic (exact) mass is 745 g/mol. The van der Waals surface area contributed by atoms with Gasteiger partial charge in [-0.05, 0) is 37.7 Å². The van der Waals surface area contributed by atoms with Crippen LogP contribution in [0.5, 0.6) is 0 Å². The molecule has 0 saturated carbocycles. The lowest BCUT2D eigenvalue weighted by Gasteiger charge is -2.26. The molecule has 0 unspecified atom stereocenters. The van der Waals surface area contributed by atoms with Gasteiger partial charge in [0.15, 0.2) is 0 Å². The van der Waals surface area contributed by atoms with E-state index in [1.165, 1.54) is 11.8 Å². The van der Waals surface area contributed by atoms with Crippen molar-refractivity contribution >= 4 is 87.0 Å². The number of hydrogen-bond donors (Lipinski definition) is 10. The number of carbonyl (C=O) groups is 9. The zero-order valence-corrected chi connectivity index (χ0v) is 28.3. The Morgan fingerprint density at radius 3 is 1.25 bits per heavy atom. The van der Waals surface area contributed by atoms with Crippen LogP contribution in [0.1, 0.15) is 51.9 Å². The first-order chi connectivity index (χ1) is 22.2. The minimum Gasteiger partial charge on any atom is -0.481 e. The van der Waals surface area contributed by atoms with Crippen LogP contribution in [0.4, 0.5) is 0 Å². The van der Waals surface area contributed by atoms with Crippen molar-refractivity contribution < 1.29 is 72.0 Å². The third-order valence-electron chi connectivity index (χ3n) is 6.24. The van der Waals surface area contributed by atoms with Gasteiger partial charge in [-0.2, -0.15) is 29.1 Å². The van der Waals surface area contributed by atoms with Crippen molar-refractivity contribution in [3.05, 3.63) is 0 Å². The Hall–Kier alpha value is -3.96. The average molecular weight is 746 g/mol. The first-order valence-corrected chi connectivity index (χ1v) is 17.5. The average Bonchev–Trinajstić information content (AvgIpc) is 2.98. The van der Waals surface area contributed by atoms with Gasteiger partial charge in [0.1, 0.15) is 30.2 Å². The molecule has 272 valence electrons. The van der Waals surface area contributed by atoms with Crippen LogP contribution in [0, 0.1) is 0 Å². The molecule has 23 heteroatoms. The highest BCUT2D eigenvalue weighted by atomic mass is 32.2. The summed E-state index contributed by atoms with van der Waals surface area (Å²) in [7, 11) is -4.71. The van der Waals surface area contributed by atoms with Gasteiger partial charge in [0.05, 0.1) is 0 Å². The maximum atomic E-state index is 13.3. The minimum absolute atomic E-state index is 0.138. The quantitative estimate of drug-likeness (QED) is 0.0444. The summed E-state index contributed by atoms with van der Waals surface area (Å²) in [5.41, 5.74) is 0. The number of rotatable bonds is 24. The van der Waals surface area contributed by atoms with Gasteiger partial charge in [-0.1, -0.05) is 0 Å². The molecule has 5 atom stereocenters. The van der Waals surface area contributed by atoms with E-state index in [9.17, 15) is 61.8 Å². The van der Waals surface area contributed by atoms with Gasteiger partial charge in [-0.15, -0.1) is 0 Å². The standard InChI is InChI=1S/C25H39N5O15S3/c1-12(31)48(44,45)30-16(5-8-20(36)37)24(41)28-15(9-10-47-2)23(40)27-13(3-6-18(32)33)21(38)26-14(4-7-19(34)35)22(39)29-17(11-46)25(42)43/h13-17,30,46H,3-11H2,1-2H3,(H,26,38)(H,27,40)(H,28,41)(H,29,39)(H,32,33)(H,34,35)(H,36,37)(H,42,43)/t13-,14-,15-,16-,17-/m0/s1. The summed E-state index contributed by atoms with van der Waals surface area (Å²) in [5, 5.41) is 43.8. The van der Waals surface area contributed by atoms with Gasteiger partial charge < -0.3 is 41.7 Å². The van der Waals surface area contributed by atoms with Crippen LogP contribution in [-0.2, 0) is 53.2 Å². The second-order valence-electron chi connectivity index (χ2n) is 10.0. The van der Waals surface area contributed by atoms with E-state index in [2.05, 4.69) is 33.9 Å². The van der Waals surface area contributed by atoms with Crippen LogP contribution in [0.3, 0.4) is 0 Å². The molecule has 0 rings (SSSR count). The topological polar surface area (TPSA) is 329 Å². The number of nitrogens with one attached hydrogen (secondary N) is 5. The lowest BCUT2D eigenvalue weighted by Crippen LogP contribution is -2.59. The summed E-state index contributed by atoms with van der Waals surface area (Å²) < 4.78 is 26.0. The van der Waals surface area contributed by atoms with E-state index in [1.807, 2.05) is 0 Å². The second kappa shape index (κ2) is 21.8. The molecule has 0 fully saturated rings. The number of sulfonamides is 1. The van der Waals surface area contributed by atoms with E-state index in [4.69, 9.17) is 10.2 Å². The van der Waals surface area contributed by atoms with E-state index in [1.54, 1.807) is 11.0 Å². The molecule has 0 aliphatic carbocycles. The van der Waals surface area contributed by atoms with Crippen LogP contribution in [0.25, 0.3) is 0 Å². The van der Waals surface area contributed by atoms with Crippen molar-refractivity contribution in [1.82, 2.24) is 26.0 Å². The summed E-state index contributed by atoms with van der Waals surface area (Å²) in [5.74, 6) is -10.4. The lowest BCUT2D eigenvalue weighted by atomic mass is 10.1. The molecule has 0 aliphatic rings. The predicted molar refractivity (Wildman–Crippen MR) is 169 cm³/mol.